The van der Waals surface area contributed by atoms with Crippen LogP contribution in [-0.4, -0.2) is 18.1 Å². The summed E-state index contributed by atoms with van der Waals surface area (Å²) in [6.07, 6.45) is 3.19. The Morgan fingerprint density at radius 3 is 3.00 bits per heavy atom. The first kappa shape index (κ1) is 13.8. The van der Waals surface area contributed by atoms with Crippen LogP contribution in [0.2, 0.25) is 0 Å². The number of methoxy groups -OCH3 is 1. The maximum absolute atomic E-state index is 11.3. The topological polar surface area (TPSA) is 64.4 Å². The van der Waals surface area contributed by atoms with Crippen molar-refractivity contribution >= 4 is 17.3 Å². The van der Waals surface area contributed by atoms with Crippen LogP contribution in [0.5, 0.6) is 0 Å². The molecule has 0 saturated carbocycles. The number of ether oxygens (including phenoxy) is 1. The van der Waals surface area contributed by atoms with E-state index in [1.165, 1.54) is 13.4 Å². The molecule has 0 aromatic carbocycles. The third-order valence-electron chi connectivity index (χ3n) is 2.75. The van der Waals surface area contributed by atoms with Gasteiger partial charge >= 0.3 is 5.97 Å². The van der Waals surface area contributed by atoms with E-state index in [1.54, 1.807) is 23.6 Å². The Balaban J connectivity index is 1.99. The van der Waals surface area contributed by atoms with Gasteiger partial charge in [-0.15, -0.1) is 11.3 Å². The van der Waals surface area contributed by atoms with Gasteiger partial charge in [0.25, 0.3) is 0 Å². The monoisotopic (exact) mass is 280 g/mol. The maximum atomic E-state index is 11.3. The van der Waals surface area contributed by atoms with Crippen LogP contribution in [0.3, 0.4) is 0 Å². The second-order valence-corrected chi connectivity index (χ2v) is 5.50. The van der Waals surface area contributed by atoms with E-state index in [1.807, 2.05) is 5.38 Å². The van der Waals surface area contributed by atoms with E-state index < -0.39 is 5.97 Å². The summed E-state index contributed by atoms with van der Waals surface area (Å²) >= 11 is 1.60. The van der Waals surface area contributed by atoms with E-state index in [9.17, 15) is 4.79 Å². The fourth-order valence-corrected chi connectivity index (χ4v) is 2.35. The number of nitrogens with one attached hydrogen (secondary N) is 1. The van der Waals surface area contributed by atoms with Crippen LogP contribution < -0.4 is 5.32 Å². The normalized spacial score (nSPS) is 11.5. The molecule has 0 bridgehead atoms. The van der Waals surface area contributed by atoms with Gasteiger partial charge in [0.15, 0.2) is 0 Å². The number of hydrogen-bond acceptors (Lipinski definition) is 6. The Kier molecular flexibility index (Phi) is 4.01. The summed E-state index contributed by atoms with van der Waals surface area (Å²) < 4.78 is 9.95. The second kappa shape index (κ2) is 5.54. The molecule has 102 valence electrons. The molecule has 5 nitrogen and oxygen atoms in total. The second-order valence-electron chi connectivity index (χ2n) is 4.61. The molecule has 1 N–H and O–H groups in total. The van der Waals surface area contributed by atoms with Crippen LogP contribution in [-0.2, 0) is 16.8 Å². The fourth-order valence-electron chi connectivity index (χ4n) is 1.61. The third-order valence-corrected chi connectivity index (χ3v) is 3.84. The average Bonchev–Trinajstić information content (AvgIpc) is 3.06. The smallest absolute Gasteiger partial charge is 0.341 e. The summed E-state index contributed by atoms with van der Waals surface area (Å²) in [5.41, 5.74) is 0.179. The molecule has 0 radical (unpaired) electrons. The minimum atomic E-state index is -0.394. The molecule has 0 saturated heterocycles. The van der Waals surface area contributed by atoms with Crippen LogP contribution >= 0.6 is 11.3 Å². The van der Waals surface area contributed by atoms with Crippen molar-refractivity contribution in [1.82, 2.24) is 10.3 Å². The van der Waals surface area contributed by atoms with E-state index in [0.29, 0.717) is 17.9 Å². The molecule has 0 aliphatic heterocycles. The van der Waals surface area contributed by atoms with Gasteiger partial charge in [0.05, 0.1) is 24.8 Å². The van der Waals surface area contributed by atoms with E-state index in [0.717, 1.165) is 5.01 Å². The van der Waals surface area contributed by atoms with Crippen LogP contribution in [0.25, 0.3) is 0 Å². The minimum Gasteiger partial charge on any atom is -0.467 e. The Morgan fingerprint density at radius 1 is 1.58 bits per heavy atom. The van der Waals surface area contributed by atoms with Gasteiger partial charge in [-0.2, -0.15) is 0 Å². The number of esters is 1. The van der Waals surface area contributed by atoms with Gasteiger partial charge in [0.2, 0.25) is 0 Å². The SMILES string of the molecule is COC(=O)c1coc(CNC(C)(C)c2nccs2)c1. The highest BCUT2D eigenvalue weighted by Crippen LogP contribution is 2.22. The summed E-state index contributed by atoms with van der Waals surface area (Å²) in [4.78, 5) is 15.6. The quantitative estimate of drug-likeness (QED) is 0.853. The van der Waals surface area contributed by atoms with Gasteiger partial charge in [-0.3, -0.25) is 5.32 Å². The first-order valence-electron chi connectivity index (χ1n) is 5.83. The Hall–Kier alpha value is -1.66. The highest BCUT2D eigenvalue weighted by molar-refractivity contribution is 7.09. The molecule has 2 aromatic heterocycles. The minimum absolute atomic E-state index is 0.244. The largest absolute Gasteiger partial charge is 0.467 e. The highest BCUT2D eigenvalue weighted by Gasteiger charge is 2.23. The van der Waals surface area contributed by atoms with E-state index >= 15 is 0 Å². The molecule has 6 heteroatoms. The maximum Gasteiger partial charge on any atom is 0.341 e. The lowest BCUT2D eigenvalue weighted by atomic mass is 10.1. The molecule has 0 aliphatic rings. The number of carbonyl (C=O) groups is 1. The lowest BCUT2D eigenvalue weighted by Gasteiger charge is -2.23. The van der Waals surface area contributed by atoms with E-state index in [-0.39, 0.29) is 5.54 Å². The van der Waals surface area contributed by atoms with E-state index in [4.69, 9.17) is 4.42 Å². The molecule has 0 atom stereocenters. The van der Waals surface area contributed by atoms with Crippen molar-refractivity contribution in [2.45, 2.75) is 25.9 Å². The summed E-state index contributed by atoms with van der Waals surface area (Å²) in [7, 11) is 1.35. The Bertz CT molecular complexity index is 546. The van der Waals surface area contributed by atoms with Crippen molar-refractivity contribution in [3.8, 4) is 0 Å². The molecule has 0 fully saturated rings. The van der Waals surface area contributed by atoms with Crippen molar-refractivity contribution in [3.63, 3.8) is 0 Å². The highest BCUT2D eigenvalue weighted by atomic mass is 32.1. The molecule has 19 heavy (non-hydrogen) atoms. The van der Waals surface area contributed by atoms with Crippen LogP contribution in [0, 0.1) is 0 Å². The predicted molar refractivity (Wildman–Crippen MR) is 72.0 cm³/mol. The first-order chi connectivity index (χ1) is 9.03. The number of thiazole rings is 1. The van der Waals surface area contributed by atoms with Gasteiger partial charge in [-0.1, -0.05) is 0 Å². The zero-order chi connectivity index (χ0) is 13.9. The summed E-state index contributed by atoms with van der Waals surface area (Å²) in [6.45, 7) is 4.62. The number of hydrogen-bond donors (Lipinski definition) is 1. The summed E-state index contributed by atoms with van der Waals surface area (Å²) in [6, 6.07) is 1.68. The van der Waals surface area contributed by atoms with Crippen LogP contribution in [0.1, 0.15) is 35.0 Å². The zero-order valence-electron chi connectivity index (χ0n) is 11.1. The van der Waals surface area contributed by atoms with E-state index in [2.05, 4.69) is 28.9 Å². The molecular weight excluding hydrogens is 264 g/mol. The third kappa shape index (κ3) is 3.21. The summed E-state index contributed by atoms with van der Waals surface area (Å²) in [5.74, 6) is 0.291. The molecule has 0 aliphatic carbocycles. The zero-order valence-corrected chi connectivity index (χ0v) is 11.9. The number of nitrogens with zero attached hydrogens (tertiary/aromatic N) is 1. The number of rotatable bonds is 5. The Labute approximate surface area is 115 Å². The lowest BCUT2D eigenvalue weighted by molar-refractivity contribution is 0.0600. The van der Waals surface area contributed by atoms with Gasteiger partial charge in [-0.25, -0.2) is 9.78 Å². The first-order valence-corrected chi connectivity index (χ1v) is 6.71. The van der Waals surface area contributed by atoms with Gasteiger partial charge in [0, 0.05) is 11.6 Å². The fraction of sp³-hybridized carbons (Fsp3) is 0.385. The van der Waals surface area contributed by atoms with Gasteiger partial charge in [-0.05, 0) is 19.9 Å². The van der Waals surface area contributed by atoms with Crippen molar-refractivity contribution < 1.29 is 13.9 Å². The van der Waals surface area contributed by atoms with Gasteiger partial charge < -0.3 is 9.15 Å². The molecule has 2 heterocycles. The standard InChI is InChI=1S/C13H16N2O3S/c1-13(2,12-14-4-5-19-12)15-7-10-6-9(8-18-10)11(16)17-3/h4-6,8,15H,7H2,1-3H3. The molecule has 0 unspecified atom stereocenters. The number of furan rings is 1. The Morgan fingerprint density at radius 2 is 2.37 bits per heavy atom. The average molecular weight is 280 g/mol. The van der Waals surface area contributed by atoms with Crippen LogP contribution in [0.4, 0.5) is 0 Å². The molecule has 2 aromatic rings. The van der Waals surface area contributed by atoms with Crippen molar-refractivity contribution in [3.05, 3.63) is 40.2 Å². The molecule has 0 amide bonds. The van der Waals surface area contributed by atoms with Crippen molar-refractivity contribution in [1.29, 1.82) is 0 Å². The predicted octanol–water partition coefficient (Wildman–Crippen LogP) is 2.55. The number of carbonyl (C=O) groups excluding carboxylic acids is 1. The van der Waals surface area contributed by atoms with Crippen molar-refractivity contribution in [2.24, 2.45) is 0 Å². The molecular formula is C13H16N2O3S. The van der Waals surface area contributed by atoms with Gasteiger partial charge in [0.1, 0.15) is 17.0 Å². The molecule has 0 spiro atoms. The molecule has 2 rings (SSSR count). The van der Waals surface area contributed by atoms with Crippen molar-refractivity contribution in [2.75, 3.05) is 7.11 Å². The number of aromatic nitrogens is 1. The lowest BCUT2D eigenvalue weighted by Crippen LogP contribution is -2.35. The van der Waals surface area contributed by atoms with Crippen LogP contribution in [0.15, 0.2) is 28.3 Å². The summed E-state index contributed by atoms with van der Waals surface area (Å²) in [5, 5.41) is 6.30.